The predicted molar refractivity (Wildman–Crippen MR) is 151 cm³/mol. The van der Waals surface area contributed by atoms with Crippen LogP contribution in [0.3, 0.4) is 0 Å². The molecule has 1 N–H and O–H groups in total. The lowest BCUT2D eigenvalue weighted by Gasteiger charge is -2.13. The van der Waals surface area contributed by atoms with E-state index in [1.807, 2.05) is 51.1 Å². The molecule has 0 aliphatic carbocycles. The van der Waals surface area contributed by atoms with Crippen molar-refractivity contribution in [1.29, 1.82) is 0 Å². The number of anilines is 1. The van der Waals surface area contributed by atoms with Crippen LogP contribution in [0.15, 0.2) is 65.6 Å². The van der Waals surface area contributed by atoms with Gasteiger partial charge in [0, 0.05) is 10.7 Å². The van der Waals surface area contributed by atoms with Gasteiger partial charge in [-0.05, 0) is 79.6 Å². The van der Waals surface area contributed by atoms with Crippen molar-refractivity contribution in [2.45, 2.75) is 27.3 Å². The molecule has 0 atom stereocenters. The highest BCUT2D eigenvalue weighted by Crippen LogP contribution is 2.35. The van der Waals surface area contributed by atoms with Crippen molar-refractivity contribution in [3.05, 3.63) is 92.8 Å². The topological polar surface area (TPSA) is 84.9 Å². The molecule has 0 bridgehead atoms. The van der Waals surface area contributed by atoms with E-state index in [-0.39, 0.29) is 30.2 Å². The van der Waals surface area contributed by atoms with E-state index in [1.165, 1.54) is 4.90 Å². The van der Waals surface area contributed by atoms with E-state index in [2.05, 4.69) is 5.32 Å². The normalized spacial score (nSPS) is 14.2. The predicted octanol–water partition coefficient (Wildman–Crippen LogP) is 6.61. The Morgan fingerprint density at radius 1 is 1.00 bits per heavy atom. The number of rotatable bonds is 9. The number of carbonyl (C=O) groups excluding carboxylic acids is 3. The van der Waals surface area contributed by atoms with E-state index in [9.17, 15) is 14.4 Å². The third-order valence-electron chi connectivity index (χ3n) is 5.71. The highest BCUT2D eigenvalue weighted by atomic mass is 35.5. The van der Waals surface area contributed by atoms with Gasteiger partial charge in [0.25, 0.3) is 17.1 Å². The highest BCUT2D eigenvalue weighted by molar-refractivity contribution is 8.18. The summed E-state index contributed by atoms with van der Waals surface area (Å²) in [6.07, 6.45) is 1.65. The molecule has 0 saturated carbocycles. The van der Waals surface area contributed by atoms with Crippen LogP contribution >= 0.6 is 23.4 Å². The Morgan fingerprint density at radius 3 is 2.47 bits per heavy atom. The summed E-state index contributed by atoms with van der Waals surface area (Å²) in [4.78, 5) is 39.4. The molecule has 196 valence electrons. The highest BCUT2D eigenvalue weighted by Gasteiger charge is 2.35. The summed E-state index contributed by atoms with van der Waals surface area (Å²) in [7, 11) is 0. The van der Waals surface area contributed by atoms with Crippen LogP contribution in [0.2, 0.25) is 5.02 Å². The van der Waals surface area contributed by atoms with Crippen LogP contribution in [0, 0.1) is 13.8 Å². The Bertz CT molecular complexity index is 1400. The molecule has 0 radical (unpaired) electrons. The Kier molecular flexibility index (Phi) is 8.76. The van der Waals surface area contributed by atoms with Crippen LogP contribution in [0.5, 0.6) is 11.5 Å². The monoisotopic (exact) mass is 550 g/mol. The summed E-state index contributed by atoms with van der Waals surface area (Å²) in [6, 6.07) is 18.1. The Labute approximate surface area is 230 Å². The maximum absolute atomic E-state index is 12.9. The molecule has 7 nitrogen and oxygen atoms in total. The van der Waals surface area contributed by atoms with Crippen LogP contribution < -0.4 is 14.8 Å². The summed E-state index contributed by atoms with van der Waals surface area (Å²) >= 11 is 7.02. The lowest BCUT2D eigenvalue weighted by Crippen LogP contribution is -2.27. The number of aryl methyl sites for hydroxylation is 2. The smallest absolute Gasteiger partial charge is 0.293 e. The zero-order valence-electron chi connectivity index (χ0n) is 21.2. The maximum atomic E-state index is 12.9. The molecule has 1 saturated heterocycles. The summed E-state index contributed by atoms with van der Waals surface area (Å²) in [6.45, 7) is 6.06. The fourth-order valence-electron chi connectivity index (χ4n) is 3.68. The number of nitrogens with one attached hydrogen (secondary N) is 1. The number of halogens is 1. The number of thioether (sulfide) groups is 1. The average Bonchev–Trinajstić information content (AvgIpc) is 3.14. The molecule has 4 rings (SSSR count). The van der Waals surface area contributed by atoms with Crippen molar-refractivity contribution in [2.24, 2.45) is 0 Å². The summed E-state index contributed by atoms with van der Waals surface area (Å²) in [5.74, 6) is 0.116. The maximum Gasteiger partial charge on any atom is 0.293 e. The minimum Gasteiger partial charge on any atom is -0.490 e. The van der Waals surface area contributed by atoms with Gasteiger partial charge in [-0.25, -0.2) is 0 Å². The van der Waals surface area contributed by atoms with Crippen LogP contribution in [0.25, 0.3) is 6.08 Å². The van der Waals surface area contributed by atoms with E-state index in [0.29, 0.717) is 39.3 Å². The fourth-order valence-corrected chi connectivity index (χ4v) is 4.70. The molecular formula is C29H27ClN2O5S. The molecule has 1 fully saturated rings. The van der Waals surface area contributed by atoms with E-state index < -0.39 is 0 Å². The first-order valence-corrected chi connectivity index (χ1v) is 13.2. The van der Waals surface area contributed by atoms with Crippen LogP contribution in [-0.4, -0.2) is 35.2 Å². The lowest BCUT2D eigenvalue weighted by molar-refractivity contribution is -0.123. The van der Waals surface area contributed by atoms with Gasteiger partial charge < -0.3 is 14.8 Å². The minimum absolute atomic E-state index is 0.218. The van der Waals surface area contributed by atoms with E-state index in [4.69, 9.17) is 21.1 Å². The number of carbonyl (C=O) groups is 3. The van der Waals surface area contributed by atoms with Gasteiger partial charge in [-0.15, -0.1) is 0 Å². The third-order valence-corrected chi connectivity index (χ3v) is 7.03. The van der Waals surface area contributed by atoms with Gasteiger partial charge in [0.2, 0.25) is 0 Å². The number of imide groups is 1. The zero-order valence-corrected chi connectivity index (χ0v) is 22.8. The summed E-state index contributed by atoms with van der Waals surface area (Å²) in [5.41, 5.74) is 4.15. The molecule has 1 heterocycles. The molecule has 38 heavy (non-hydrogen) atoms. The van der Waals surface area contributed by atoms with E-state index >= 15 is 0 Å². The van der Waals surface area contributed by atoms with Crippen molar-refractivity contribution in [1.82, 2.24) is 4.90 Å². The number of nitrogens with zero attached hydrogens (tertiary/aromatic N) is 1. The van der Waals surface area contributed by atoms with Crippen molar-refractivity contribution in [2.75, 3.05) is 18.5 Å². The number of hydrogen-bond donors (Lipinski definition) is 1. The van der Waals surface area contributed by atoms with Crippen molar-refractivity contribution < 1.29 is 23.9 Å². The SMILES string of the molecule is CCOc1cc(/C=C2\SC(=O)N(Cc3ccc(C)cc3)C2=O)ccc1OCC(=O)Nc1ccc(C)c(Cl)c1. The van der Waals surface area contributed by atoms with E-state index in [0.717, 1.165) is 28.5 Å². The Morgan fingerprint density at radius 2 is 1.76 bits per heavy atom. The molecule has 9 heteroatoms. The van der Waals surface area contributed by atoms with Gasteiger partial charge in [0.1, 0.15) is 0 Å². The molecule has 1 aliphatic heterocycles. The van der Waals surface area contributed by atoms with Crippen molar-refractivity contribution in [3.63, 3.8) is 0 Å². The number of benzene rings is 3. The zero-order chi connectivity index (χ0) is 27.2. The average molecular weight is 551 g/mol. The molecule has 3 aromatic carbocycles. The molecule has 3 aromatic rings. The van der Waals surface area contributed by atoms with E-state index in [1.54, 1.807) is 36.4 Å². The lowest BCUT2D eigenvalue weighted by atomic mass is 10.1. The molecular weight excluding hydrogens is 524 g/mol. The number of ether oxygens (including phenoxy) is 2. The molecule has 1 aliphatic rings. The van der Waals surface area contributed by atoms with Gasteiger partial charge in [-0.3, -0.25) is 19.3 Å². The second kappa shape index (κ2) is 12.2. The minimum atomic E-state index is -0.348. The fraction of sp³-hybridized carbons (Fsp3) is 0.207. The molecule has 0 aromatic heterocycles. The molecule has 0 unspecified atom stereocenters. The summed E-state index contributed by atoms with van der Waals surface area (Å²) in [5, 5.41) is 3.00. The van der Waals surface area contributed by atoms with Gasteiger partial charge in [0.15, 0.2) is 18.1 Å². The number of amides is 3. The standard InChI is InChI=1S/C29H27ClN2O5S/c1-4-36-25-13-21(10-12-24(25)37-17-27(33)31-22-11-7-19(3)23(30)15-22)14-26-28(34)32(29(35)38-26)16-20-8-5-18(2)6-9-20/h5-15H,4,16-17H2,1-3H3,(H,31,33)/b26-14-. The summed E-state index contributed by atoms with van der Waals surface area (Å²) < 4.78 is 11.4. The second-order valence-corrected chi connectivity index (χ2v) is 10.1. The van der Waals surface area contributed by atoms with Gasteiger partial charge in [0.05, 0.1) is 18.1 Å². The van der Waals surface area contributed by atoms with Gasteiger partial charge in [-0.2, -0.15) is 0 Å². The van der Waals surface area contributed by atoms with Crippen LogP contribution in [0.4, 0.5) is 10.5 Å². The Hall–Kier alpha value is -3.75. The molecule has 0 spiro atoms. The quantitative estimate of drug-likeness (QED) is 0.302. The molecule has 3 amide bonds. The van der Waals surface area contributed by atoms with Gasteiger partial charge >= 0.3 is 0 Å². The van der Waals surface area contributed by atoms with Crippen molar-refractivity contribution >= 4 is 52.2 Å². The first-order valence-electron chi connectivity index (χ1n) is 12.0. The largest absolute Gasteiger partial charge is 0.490 e. The first-order chi connectivity index (χ1) is 18.2. The van der Waals surface area contributed by atoms with Gasteiger partial charge in [-0.1, -0.05) is 53.6 Å². The third kappa shape index (κ3) is 6.76. The Balaban J connectivity index is 1.43. The first kappa shape index (κ1) is 27.3. The van der Waals surface area contributed by atoms with Crippen LogP contribution in [0.1, 0.15) is 29.2 Å². The number of hydrogen-bond acceptors (Lipinski definition) is 6. The second-order valence-electron chi connectivity index (χ2n) is 8.69. The van der Waals surface area contributed by atoms with Crippen LogP contribution in [-0.2, 0) is 16.1 Å². The van der Waals surface area contributed by atoms with Crippen molar-refractivity contribution in [3.8, 4) is 11.5 Å².